The van der Waals surface area contributed by atoms with E-state index in [-0.39, 0.29) is 34.2 Å². The quantitative estimate of drug-likeness (QED) is 0.358. The average Bonchev–Trinajstić information content (AvgIpc) is 3.35. The van der Waals surface area contributed by atoms with E-state index in [1.807, 2.05) is 0 Å². The van der Waals surface area contributed by atoms with E-state index in [1.165, 1.54) is 18.2 Å². The Hall–Kier alpha value is -4.49. The average molecular weight is 368 g/mol. The summed E-state index contributed by atoms with van der Waals surface area (Å²) in [6.07, 6.45) is 0. The van der Waals surface area contributed by atoms with Crippen molar-refractivity contribution in [3.8, 4) is 0 Å². The number of nitrogens with one attached hydrogen (secondary N) is 4. The standard InChI is InChI=1S/C13H8N10O4/c24-7-4-9(11(26)15-13-18-22-23-19-13)27-8-2-1-5(3-6(7)8)10(25)14-12-16-20-21-17-12/h1-4H,(H2,14,16,17,20,21,25)(H2,15,18,19,22,23,26). The Morgan fingerprint density at radius 3 is 2.22 bits per heavy atom. The van der Waals surface area contributed by atoms with Crippen molar-refractivity contribution in [2.24, 2.45) is 0 Å². The lowest BCUT2D eigenvalue weighted by atomic mass is 10.1. The highest BCUT2D eigenvalue weighted by atomic mass is 16.3. The number of carbonyl (C=O) groups is 2. The van der Waals surface area contributed by atoms with Crippen molar-refractivity contribution in [1.82, 2.24) is 41.2 Å². The molecular weight excluding hydrogens is 360 g/mol. The monoisotopic (exact) mass is 368 g/mol. The lowest BCUT2D eigenvalue weighted by Gasteiger charge is -2.04. The minimum absolute atomic E-state index is 0.0133. The summed E-state index contributed by atoms with van der Waals surface area (Å²) in [6, 6.07) is 5.14. The van der Waals surface area contributed by atoms with Crippen molar-refractivity contribution >= 4 is 34.7 Å². The van der Waals surface area contributed by atoms with Crippen LogP contribution >= 0.6 is 0 Å². The van der Waals surface area contributed by atoms with Crippen LogP contribution in [0.1, 0.15) is 20.9 Å². The topological polar surface area (TPSA) is 197 Å². The Kier molecular flexibility index (Phi) is 3.81. The molecule has 27 heavy (non-hydrogen) atoms. The van der Waals surface area contributed by atoms with Crippen molar-refractivity contribution in [2.75, 3.05) is 10.6 Å². The maximum absolute atomic E-state index is 12.3. The molecule has 4 N–H and O–H groups in total. The number of fused-ring (bicyclic) bond motifs is 1. The largest absolute Gasteiger partial charge is 0.451 e. The Labute approximate surface area is 147 Å². The fourth-order valence-corrected chi connectivity index (χ4v) is 2.18. The normalized spacial score (nSPS) is 10.7. The predicted molar refractivity (Wildman–Crippen MR) is 86.7 cm³/mol. The highest BCUT2D eigenvalue weighted by molar-refractivity contribution is 6.06. The van der Waals surface area contributed by atoms with Crippen LogP contribution in [0, 0.1) is 0 Å². The second kappa shape index (κ2) is 6.43. The van der Waals surface area contributed by atoms with Crippen LogP contribution in [-0.2, 0) is 0 Å². The first kappa shape index (κ1) is 16.0. The second-order valence-electron chi connectivity index (χ2n) is 5.06. The molecule has 0 saturated heterocycles. The number of anilines is 2. The zero-order valence-electron chi connectivity index (χ0n) is 13.1. The fourth-order valence-electron chi connectivity index (χ4n) is 2.18. The molecule has 0 fully saturated rings. The molecule has 14 heteroatoms. The summed E-state index contributed by atoms with van der Waals surface area (Å²) >= 11 is 0. The smallest absolute Gasteiger partial charge is 0.293 e. The fraction of sp³-hybridized carbons (Fsp3) is 0. The molecule has 0 aliphatic carbocycles. The molecule has 0 aliphatic rings. The molecule has 0 bridgehead atoms. The molecule has 2 amide bonds. The van der Waals surface area contributed by atoms with Crippen molar-refractivity contribution in [2.45, 2.75) is 0 Å². The summed E-state index contributed by atoms with van der Waals surface area (Å²) in [4.78, 5) is 36.6. The first-order chi connectivity index (χ1) is 13.1. The van der Waals surface area contributed by atoms with Crippen LogP contribution in [0.4, 0.5) is 11.9 Å². The van der Waals surface area contributed by atoms with Gasteiger partial charge in [-0.05, 0) is 28.6 Å². The number of amides is 2. The third-order valence-electron chi connectivity index (χ3n) is 3.35. The summed E-state index contributed by atoms with van der Waals surface area (Å²) in [6.45, 7) is 0. The van der Waals surface area contributed by atoms with Gasteiger partial charge in [-0.25, -0.2) is 0 Å². The van der Waals surface area contributed by atoms with Crippen LogP contribution < -0.4 is 16.1 Å². The van der Waals surface area contributed by atoms with Gasteiger partial charge >= 0.3 is 0 Å². The molecule has 4 rings (SSSR count). The molecule has 0 unspecified atom stereocenters. The molecule has 4 aromatic rings. The third kappa shape index (κ3) is 3.21. The van der Waals surface area contributed by atoms with E-state index in [1.54, 1.807) is 0 Å². The van der Waals surface area contributed by atoms with Gasteiger partial charge in [-0.1, -0.05) is 10.2 Å². The minimum Gasteiger partial charge on any atom is -0.451 e. The number of hydrogen-bond donors (Lipinski definition) is 4. The molecule has 0 radical (unpaired) electrons. The van der Waals surface area contributed by atoms with Crippen LogP contribution in [0.2, 0.25) is 0 Å². The van der Waals surface area contributed by atoms with E-state index in [4.69, 9.17) is 4.42 Å². The SMILES string of the molecule is O=C(Nc1nn[nH]n1)c1ccc2oc(C(=O)Nc3nn[nH]n3)cc(=O)c2c1. The number of hydrogen-bond acceptors (Lipinski definition) is 10. The van der Waals surface area contributed by atoms with E-state index >= 15 is 0 Å². The van der Waals surface area contributed by atoms with Crippen molar-refractivity contribution in [1.29, 1.82) is 0 Å². The number of rotatable bonds is 4. The van der Waals surface area contributed by atoms with Gasteiger partial charge in [0.15, 0.2) is 11.2 Å². The van der Waals surface area contributed by atoms with E-state index in [2.05, 4.69) is 51.9 Å². The molecule has 0 aliphatic heterocycles. The number of benzene rings is 1. The summed E-state index contributed by atoms with van der Waals surface area (Å²) in [7, 11) is 0. The summed E-state index contributed by atoms with van der Waals surface area (Å²) in [5.41, 5.74) is -0.218. The van der Waals surface area contributed by atoms with Crippen LogP contribution in [0.5, 0.6) is 0 Å². The maximum atomic E-state index is 12.3. The maximum Gasteiger partial charge on any atom is 0.293 e. The zero-order valence-corrected chi connectivity index (χ0v) is 13.1. The summed E-state index contributed by atoms with van der Waals surface area (Å²) < 4.78 is 5.42. The van der Waals surface area contributed by atoms with Crippen molar-refractivity contribution < 1.29 is 14.0 Å². The Balaban J connectivity index is 1.63. The number of tetrazole rings is 2. The lowest BCUT2D eigenvalue weighted by molar-refractivity contribution is 0.0993. The van der Waals surface area contributed by atoms with E-state index in [0.717, 1.165) is 6.07 Å². The van der Waals surface area contributed by atoms with E-state index < -0.39 is 17.2 Å². The zero-order chi connectivity index (χ0) is 18.8. The van der Waals surface area contributed by atoms with E-state index in [0.29, 0.717) is 0 Å². The number of aromatic amines is 2. The molecular formula is C13H8N10O4. The molecule has 3 heterocycles. The van der Waals surface area contributed by atoms with Gasteiger partial charge < -0.3 is 4.42 Å². The summed E-state index contributed by atoms with van der Waals surface area (Å²) in [5, 5.41) is 30.1. The molecule has 0 atom stereocenters. The molecule has 3 aromatic heterocycles. The number of aromatic nitrogens is 8. The molecule has 0 saturated carbocycles. The van der Waals surface area contributed by atoms with Gasteiger partial charge in [0.1, 0.15) is 5.58 Å². The molecule has 134 valence electrons. The Bertz CT molecular complexity index is 1180. The second-order valence-corrected chi connectivity index (χ2v) is 5.06. The van der Waals surface area contributed by atoms with Gasteiger partial charge in [-0.2, -0.15) is 10.4 Å². The van der Waals surface area contributed by atoms with Crippen LogP contribution in [0.3, 0.4) is 0 Å². The summed E-state index contributed by atoms with van der Waals surface area (Å²) in [5.74, 6) is -1.61. The van der Waals surface area contributed by atoms with Crippen LogP contribution in [0.15, 0.2) is 33.5 Å². The first-order valence-corrected chi connectivity index (χ1v) is 7.27. The lowest BCUT2D eigenvalue weighted by Crippen LogP contribution is -2.17. The highest BCUT2D eigenvalue weighted by Gasteiger charge is 2.16. The predicted octanol–water partition coefficient (Wildman–Crippen LogP) is -0.676. The number of carbonyl (C=O) groups excluding carboxylic acids is 2. The molecule has 1 aromatic carbocycles. The van der Waals surface area contributed by atoms with Gasteiger partial charge in [0.05, 0.1) is 5.39 Å². The van der Waals surface area contributed by atoms with Gasteiger partial charge in [-0.15, -0.1) is 10.2 Å². The van der Waals surface area contributed by atoms with Gasteiger partial charge in [0.2, 0.25) is 0 Å². The van der Waals surface area contributed by atoms with Crippen molar-refractivity contribution in [3.05, 3.63) is 45.8 Å². The molecule has 14 nitrogen and oxygen atoms in total. The van der Waals surface area contributed by atoms with Crippen molar-refractivity contribution in [3.63, 3.8) is 0 Å². The van der Waals surface area contributed by atoms with Crippen LogP contribution in [-0.4, -0.2) is 53.1 Å². The number of nitrogens with zero attached hydrogens (tertiary/aromatic N) is 6. The van der Waals surface area contributed by atoms with Gasteiger partial charge in [0.25, 0.3) is 23.7 Å². The first-order valence-electron chi connectivity index (χ1n) is 7.27. The third-order valence-corrected chi connectivity index (χ3v) is 3.35. The minimum atomic E-state index is -0.727. The van der Waals surface area contributed by atoms with Gasteiger partial charge in [0, 0.05) is 11.6 Å². The highest BCUT2D eigenvalue weighted by Crippen LogP contribution is 2.16. The molecule has 0 spiro atoms. The van der Waals surface area contributed by atoms with Gasteiger partial charge in [-0.3, -0.25) is 25.0 Å². The van der Waals surface area contributed by atoms with Crippen LogP contribution in [0.25, 0.3) is 11.0 Å². The van der Waals surface area contributed by atoms with E-state index in [9.17, 15) is 14.4 Å². The Morgan fingerprint density at radius 1 is 0.926 bits per heavy atom. The Morgan fingerprint density at radius 2 is 1.59 bits per heavy atom. The number of H-pyrrole nitrogens is 2.